The second-order valence-corrected chi connectivity index (χ2v) is 4.96. The molecule has 0 saturated carbocycles. The predicted octanol–water partition coefficient (Wildman–Crippen LogP) is 3.46. The lowest BCUT2D eigenvalue weighted by molar-refractivity contribution is 0.187. The highest BCUT2D eigenvalue weighted by Crippen LogP contribution is 2.25. The summed E-state index contributed by atoms with van der Waals surface area (Å²) >= 11 is 0. The number of hydrogen-bond donors (Lipinski definition) is 2. The highest BCUT2D eigenvalue weighted by molar-refractivity contribution is 5.52. The lowest BCUT2D eigenvalue weighted by Crippen LogP contribution is -2.13. The third-order valence-electron chi connectivity index (χ3n) is 3.38. The van der Waals surface area contributed by atoms with Gasteiger partial charge in [-0.05, 0) is 37.1 Å². The first-order valence-electron chi connectivity index (χ1n) is 6.74. The van der Waals surface area contributed by atoms with Crippen molar-refractivity contribution in [1.82, 2.24) is 0 Å². The fourth-order valence-corrected chi connectivity index (χ4v) is 2.18. The molecule has 106 valence electrons. The summed E-state index contributed by atoms with van der Waals surface area (Å²) in [6, 6.07) is 13.8. The summed E-state index contributed by atoms with van der Waals surface area (Å²) < 4.78 is 5.27. The molecule has 0 aliphatic rings. The Hall–Kier alpha value is -2.00. The molecule has 0 aliphatic heterocycles. The molecule has 0 heterocycles. The molecule has 0 aliphatic carbocycles. The normalized spacial score (nSPS) is 12.0. The molecule has 2 rings (SSSR count). The van der Waals surface area contributed by atoms with E-state index in [4.69, 9.17) is 4.74 Å². The van der Waals surface area contributed by atoms with Crippen LogP contribution >= 0.6 is 0 Å². The van der Waals surface area contributed by atoms with Crippen molar-refractivity contribution in [2.45, 2.75) is 20.0 Å². The van der Waals surface area contributed by atoms with Gasteiger partial charge in [0.15, 0.2) is 0 Å². The number of hydrogen-bond acceptors (Lipinski definition) is 3. The number of rotatable bonds is 5. The summed E-state index contributed by atoms with van der Waals surface area (Å²) in [5, 5.41) is 13.6. The highest BCUT2D eigenvalue weighted by Gasteiger charge is 2.12. The summed E-state index contributed by atoms with van der Waals surface area (Å²) in [6.45, 7) is 4.56. The molecule has 2 aromatic carbocycles. The van der Waals surface area contributed by atoms with Crippen molar-refractivity contribution in [2.24, 2.45) is 0 Å². The molecule has 0 aromatic heterocycles. The molecule has 0 fully saturated rings. The predicted molar refractivity (Wildman–Crippen MR) is 82.4 cm³/mol. The Kier molecular flexibility index (Phi) is 4.64. The number of para-hydroxylation sites is 1. The van der Waals surface area contributed by atoms with E-state index in [2.05, 4.69) is 37.4 Å². The molecule has 1 atom stereocenters. The van der Waals surface area contributed by atoms with E-state index in [1.165, 1.54) is 11.1 Å². The van der Waals surface area contributed by atoms with Crippen LogP contribution < -0.4 is 10.1 Å². The van der Waals surface area contributed by atoms with Crippen LogP contribution in [0.5, 0.6) is 5.75 Å². The van der Waals surface area contributed by atoms with Crippen LogP contribution in [0.2, 0.25) is 0 Å². The third-order valence-corrected chi connectivity index (χ3v) is 3.38. The van der Waals surface area contributed by atoms with Crippen molar-refractivity contribution < 1.29 is 9.84 Å². The van der Waals surface area contributed by atoms with Gasteiger partial charge in [-0.25, -0.2) is 0 Å². The first kappa shape index (κ1) is 14.4. The van der Waals surface area contributed by atoms with Gasteiger partial charge in [0.1, 0.15) is 5.75 Å². The molecule has 20 heavy (non-hydrogen) atoms. The maximum Gasteiger partial charge on any atom is 0.124 e. The van der Waals surface area contributed by atoms with Crippen molar-refractivity contribution in [1.29, 1.82) is 0 Å². The lowest BCUT2D eigenvalue weighted by Gasteiger charge is -2.17. The zero-order chi connectivity index (χ0) is 14.5. The van der Waals surface area contributed by atoms with E-state index >= 15 is 0 Å². The molecule has 0 radical (unpaired) electrons. The van der Waals surface area contributed by atoms with Gasteiger partial charge in [-0.15, -0.1) is 0 Å². The molecular weight excluding hydrogens is 250 g/mol. The van der Waals surface area contributed by atoms with Crippen molar-refractivity contribution >= 4 is 5.69 Å². The van der Waals surface area contributed by atoms with Crippen molar-refractivity contribution in [3.05, 3.63) is 59.2 Å². The number of aryl methyl sites for hydroxylation is 2. The number of ether oxygens (including phenoxy) is 1. The second kappa shape index (κ2) is 6.44. The Labute approximate surface area is 120 Å². The Morgan fingerprint density at radius 2 is 1.90 bits per heavy atom. The number of nitrogens with one attached hydrogen (secondary N) is 1. The van der Waals surface area contributed by atoms with Crippen molar-refractivity contribution in [2.75, 3.05) is 19.0 Å². The monoisotopic (exact) mass is 271 g/mol. The van der Waals surface area contributed by atoms with Gasteiger partial charge in [0.25, 0.3) is 0 Å². The zero-order valence-corrected chi connectivity index (χ0v) is 12.2. The van der Waals surface area contributed by atoms with Gasteiger partial charge < -0.3 is 15.2 Å². The van der Waals surface area contributed by atoms with Crippen LogP contribution in [0.15, 0.2) is 42.5 Å². The van der Waals surface area contributed by atoms with E-state index < -0.39 is 6.10 Å². The second-order valence-electron chi connectivity index (χ2n) is 4.96. The topological polar surface area (TPSA) is 41.5 Å². The number of aliphatic hydroxyl groups is 1. The summed E-state index contributed by atoms with van der Waals surface area (Å²) in [6.07, 6.45) is -0.605. The highest BCUT2D eigenvalue weighted by atomic mass is 16.5. The lowest BCUT2D eigenvalue weighted by atomic mass is 10.1. The Morgan fingerprint density at radius 3 is 2.65 bits per heavy atom. The molecule has 0 amide bonds. The number of anilines is 1. The van der Waals surface area contributed by atoms with Crippen molar-refractivity contribution in [3.8, 4) is 5.75 Å². The Morgan fingerprint density at radius 1 is 1.15 bits per heavy atom. The van der Waals surface area contributed by atoms with Crippen LogP contribution in [0, 0.1) is 13.8 Å². The van der Waals surface area contributed by atoms with Crippen molar-refractivity contribution in [3.63, 3.8) is 0 Å². The van der Waals surface area contributed by atoms with Gasteiger partial charge in [-0.1, -0.05) is 30.3 Å². The molecule has 3 nitrogen and oxygen atoms in total. The minimum Gasteiger partial charge on any atom is -0.496 e. The van der Waals surface area contributed by atoms with Gasteiger partial charge in [0.05, 0.1) is 13.2 Å². The summed E-state index contributed by atoms with van der Waals surface area (Å²) in [5.74, 6) is 0.711. The number of benzene rings is 2. The van der Waals surface area contributed by atoms with Gasteiger partial charge >= 0.3 is 0 Å². The minimum atomic E-state index is -0.605. The molecule has 0 spiro atoms. The third kappa shape index (κ3) is 3.31. The Balaban J connectivity index is 2.08. The molecule has 1 unspecified atom stereocenters. The van der Waals surface area contributed by atoms with Gasteiger partial charge in [0.2, 0.25) is 0 Å². The van der Waals surface area contributed by atoms with Crippen LogP contribution in [-0.2, 0) is 0 Å². The quantitative estimate of drug-likeness (QED) is 0.875. The SMILES string of the molecule is COc1ccccc1C(O)CNc1cc(C)ccc1C. The average molecular weight is 271 g/mol. The molecule has 0 bridgehead atoms. The van der Waals surface area contributed by atoms with Crippen LogP contribution in [0.4, 0.5) is 5.69 Å². The molecule has 3 heteroatoms. The van der Waals surface area contributed by atoms with Gasteiger partial charge in [-0.3, -0.25) is 0 Å². The van der Waals surface area contributed by atoms with E-state index in [1.807, 2.05) is 24.3 Å². The van der Waals surface area contributed by atoms with Gasteiger partial charge in [-0.2, -0.15) is 0 Å². The van der Waals surface area contributed by atoms with E-state index in [1.54, 1.807) is 7.11 Å². The van der Waals surface area contributed by atoms with E-state index in [0.29, 0.717) is 12.3 Å². The zero-order valence-electron chi connectivity index (χ0n) is 12.2. The largest absolute Gasteiger partial charge is 0.496 e. The first-order chi connectivity index (χ1) is 9.61. The smallest absolute Gasteiger partial charge is 0.124 e. The summed E-state index contributed by atoms with van der Waals surface area (Å²) in [7, 11) is 1.61. The summed E-state index contributed by atoms with van der Waals surface area (Å²) in [5.41, 5.74) is 4.22. The van der Waals surface area contributed by atoms with Crippen LogP contribution in [0.25, 0.3) is 0 Å². The number of aliphatic hydroxyl groups excluding tert-OH is 1. The maximum absolute atomic E-state index is 10.3. The van der Waals surface area contributed by atoms with E-state index in [9.17, 15) is 5.11 Å². The van der Waals surface area contributed by atoms with Gasteiger partial charge in [0, 0.05) is 17.8 Å². The minimum absolute atomic E-state index is 0.449. The fourth-order valence-electron chi connectivity index (χ4n) is 2.18. The van der Waals surface area contributed by atoms with E-state index in [0.717, 1.165) is 11.3 Å². The molecule has 2 aromatic rings. The van der Waals surface area contributed by atoms with E-state index in [-0.39, 0.29) is 0 Å². The van der Waals surface area contributed by atoms with Crippen LogP contribution in [0.1, 0.15) is 22.8 Å². The average Bonchev–Trinajstić information content (AvgIpc) is 2.47. The first-order valence-corrected chi connectivity index (χ1v) is 6.74. The summed E-state index contributed by atoms with van der Waals surface area (Å²) in [4.78, 5) is 0. The van der Waals surface area contributed by atoms with Crippen LogP contribution in [0.3, 0.4) is 0 Å². The molecular formula is C17H21NO2. The molecule has 0 saturated heterocycles. The Bertz CT molecular complexity index is 581. The molecule has 2 N–H and O–H groups in total. The van der Waals surface area contributed by atoms with Crippen LogP contribution in [-0.4, -0.2) is 18.8 Å². The maximum atomic E-state index is 10.3. The fraction of sp³-hybridized carbons (Fsp3) is 0.294. The standard InChI is InChI=1S/C17H21NO2/c1-12-8-9-13(2)15(10-12)18-11-16(19)14-6-4-5-7-17(14)20-3/h4-10,16,18-19H,11H2,1-3H3. The number of methoxy groups -OCH3 is 1.